The third-order valence-corrected chi connectivity index (χ3v) is 8.05. The lowest BCUT2D eigenvalue weighted by Crippen LogP contribution is -2.35. The summed E-state index contributed by atoms with van der Waals surface area (Å²) >= 11 is 0. The maximum Gasteiger partial charge on any atom is 0.305 e. The maximum absolute atomic E-state index is 12.2. The number of esters is 1. The fourth-order valence-electron chi connectivity index (χ4n) is 5.38. The molecule has 0 atom stereocenters. The van der Waals surface area contributed by atoms with Crippen LogP contribution in [0.15, 0.2) is 29.3 Å². The zero-order valence-corrected chi connectivity index (χ0v) is 28.8. The van der Waals surface area contributed by atoms with Crippen LogP contribution in [0.4, 0.5) is 0 Å². The van der Waals surface area contributed by atoms with Crippen molar-refractivity contribution in [1.82, 2.24) is 4.90 Å². The molecule has 0 bridgehead atoms. The predicted molar refractivity (Wildman–Crippen MR) is 187 cm³/mol. The minimum Gasteiger partial charge on any atom is -0.464 e. The minimum absolute atomic E-state index is 0.0428. The van der Waals surface area contributed by atoms with Gasteiger partial charge in [-0.2, -0.15) is 0 Å². The standard InChI is InChI=1S/C38H72N2O2/c1-5-8-10-12-14-16-18-20-22-24-26-28-30-32-37(39-4)40(34-7-3)35-36-42-38(41)33-31-29-27-25-23-21-19-17-15-13-11-9-6-2/h16-19H,5-15,20-36H2,1-4H3/b18-16+,19-17+,39-37+. The lowest BCUT2D eigenvalue weighted by Gasteiger charge is -2.25. The Kier molecular flexibility index (Phi) is 32.6. The van der Waals surface area contributed by atoms with Crippen molar-refractivity contribution < 1.29 is 9.53 Å². The number of carbonyl (C=O) groups is 1. The summed E-state index contributed by atoms with van der Waals surface area (Å²) in [7, 11) is 1.91. The Bertz CT molecular complexity index is 655. The van der Waals surface area contributed by atoms with E-state index in [4.69, 9.17) is 4.74 Å². The SMILES string of the molecule is CCCCCC/C=C/CCCCCCCC(=O)OCCN(CCC)/C(CCCCCCC/C=C/CCCCCC)=N/C. The molecule has 246 valence electrons. The summed E-state index contributed by atoms with van der Waals surface area (Å²) in [6.45, 7) is 8.93. The van der Waals surface area contributed by atoms with E-state index in [-0.39, 0.29) is 5.97 Å². The number of ether oxygens (including phenoxy) is 1. The van der Waals surface area contributed by atoms with Crippen molar-refractivity contribution in [3.8, 4) is 0 Å². The number of amidine groups is 1. The normalized spacial score (nSPS) is 12.1. The van der Waals surface area contributed by atoms with Crippen LogP contribution in [0.1, 0.15) is 181 Å². The van der Waals surface area contributed by atoms with Crippen molar-refractivity contribution in [2.75, 3.05) is 26.7 Å². The Morgan fingerprint density at radius 2 is 0.976 bits per heavy atom. The van der Waals surface area contributed by atoms with E-state index in [1.165, 1.54) is 134 Å². The summed E-state index contributed by atoms with van der Waals surface area (Å²) in [4.78, 5) is 19.2. The number of hydrogen-bond acceptors (Lipinski definition) is 3. The van der Waals surface area contributed by atoms with E-state index in [2.05, 4.69) is 55.0 Å². The Labute approximate surface area is 263 Å². The summed E-state index contributed by atoms with van der Waals surface area (Å²) < 4.78 is 5.59. The first-order chi connectivity index (χ1) is 20.7. The van der Waals surface area contributed by atoms with E-state index in [9.17, 15) is 4.79 Å². The molecule has 0 heterocycles. The molecule has 0 aromatic heterocycles. The zero-order valence-electron chi connectivity index (χ0n) is 28.8. The number of carbonyl (C=O) groups excluding carboxylic acids is 1. The second kappa shape index (κ2) is 33.9. The Hall–Kier alpha value is -1.58. The molecule has 0 N–H and O–H groups in total. The van der Waals surface area contributed by atoms with E-state index >= 15 is 0 Å². The van der Waals surface area contributed by atoms with Crippen molar-refractivity contribution in [3.63, 3.8) is 0 Å². The molecule has 0 spiro atoms. The Morgan fingerprint density at radius 3 is 1.43 bits per heavy atom. The average molecular weight is 589 g/mol. The first kappa shape index (κ1) is 40.4. The zero-order chi connectivity index (χ0) is 30.8. The van der Waals surface area contributed by atoms with Crippen LogP contribution in [0, 0.1) is 0 Å². The highest BCUT2D eigenvalue weighted by Gasteiger charge is 2.11. The average Bonchev–Trinajstić information content (AvgIpc) is 2.99. The highest BCUT2D eigenvalue weighted by Crippen LogP contribution is 2.12. The van der Waals surface area contributed by atoms with Crippen molar-refractivity contribution >= 4 is 11.8 Å². The van der Waals surface area contributed by atoms with Crippen LogP contribution in [-0.2, 0) is 9.53 Å². The van der Waals surface area contributed by atoms with Crippen molar-refractivity contribution in [2.45, 2.75) is 181 Å². The topological polar surface area (TPSA) is 41.9 Å². The lowest BCUT2D eigenvalue weighted by atomic mass is 10.1. The van der Waals surface area contributed by atoms with E-state index in [0.29, 0.717) is 13.0 Å². The molecule has 0 aliphatic heterocycles. The molecule has 4 nitrogen and oxygen atoms in total. The monoisotopic (exact) mass is 589 g/mol. The van der Waals surface area contributed by atoms with Gasteiger partial charge in [-0.1, -0.05) is 122 Å². The summed E-state index contributed by atoms with van der Waals surface area (Å²) in [5.41, 5.74) is 0. The van der Waals surface area contributed by atoms with Crippen LogP contribution in [0.5, 0.6) is 0 Å². The van der Waals surface area contributed by atoms with Gasteiger partial charge in [0.15, 0.2) is 0 Å². The Balaban J connectivity index is 3.85. The summed E-state index contributed by atoms with van der Waals surface area (Å²) in [6.07, 6.45) is 40.1. The van der Waals surface area contributed by atoms with Gasteiger partial charge in [-0.3, -0.25) is 9.79 Å². The maximum atomic E-state index is 12.2. The molecular weight excluding hydrogens is 516 g/mol. The molecule has 0 aromatic rings. The van der Waals surface area contributed by atoms with Gasteiger partial charge in [-0.25, -0.2) is 0 Å². The molecule has 42 heavy (non-hydrogen) atoms. The summed E-state index contributed by atoms with van der Waals surface area (Å²) in [5.74, 6) is 1.13. The van der Waals surface area contributed by atoms with Gasteiger partial charge in [0.1, 0.15) is 6.61 Å². The fraction of sp³-hybridized carbons (Fsp3) is 0.842. The van der Waals surface area contributed by atoms with Crippen LogP contribution < -0.4 is 0 Å². The van der Waals surface area contributed by atoms with Crippen LogP contribution in [0.25, 0.3) is 0 Å². The first-order valence-corrected chi connectivity index (χ1v) is 18.4. The van der Waals surface area contributed by atoms with Crippen LogP contribution in [0.2, 0.25) is 0 Å². The quantitative estimate of drug-likeness (QED) is 0.0266. The van der Waals surface area contributed by atoms with E-state index in [1.54, 1.807) is 0 Å². The van der Waals surface area contributed by atoms with Crippen LogP contribution >= 0.6 is 0 Å². The van der Waals surface area contributed by atoms with Gasteiger partial charge in [0, 0.05) is 26.4 Å². The largest absolute Gasteiger partial charge is 0.464 e. The van der Waals surface area contributed by atoms with Crippen molar-refractivity contribution in [2.24, 2.45) is 4.99 Å². The number of unbranched alkanes of at least 4 members (excludes halogenated alkanes) is 18. The summed E-state index contributed by atoms with van der Waals surface area (Å²) in [6, 6.07) is 0. The van der Waals surface area contributed by atoms with Crippen molar-refractivity contribution in [1.29, 1.82) is 0 Å². The Morgan fingerprint density at radius 1 is 0.548 bits per heavy atom. The minimum atomic E-state index is -0.0428. The van der Waals surface area contributed by atoms with Crippen molar-refractivity contribution in [3.05, 3.63) is 24.3 Å². The smallest absolute Gasteiger partial charge is 0.305 e. The van der Waals surface area contributed by atoms with E-state index < -0.39 is 0 Å². The van der Waals surface area contributed by atoms with Gasteiger partial charge in [-0.05, 0) is 70.6 Å². The highest BCUT2D eigenvalue weighted by molar-refractivity contribution is 5.82. The molecule has 0 amide bonds. The van der Waals surface area contributed by atoms with Crippen LogP contribution in [-0.4, -0.2) is 43.4 Å². The highest BCUT2D eigenvalue weighted by atomic mass is 16.5. The molecular formula is C38H72N2O2. The third-order valence-electron chi connectivity index (χ3n) is 8.05. The molecule has 0 aliphatic carbocycles. The number of rotatable bonds is 31. The molecule has 0 unspecified atom stereocenters. The van der Waals surface area contributed by atoms with E-state index in [1.807, 2.05) is 7.05 Å². The second-order valence-electron chi connectivity index (χ2n) is 12.1. The number of allylic oxidation sites excluding steroid dienone is 4. The number of nitrogens with zero attached hydrogens (tertiary/aromatic N) is 2. The van der Waals surface area contributed by atoms with Crippen LogP contribution in [0.3, 0.4) is 0 Å². The summed E-state index contributed by atoms with van der Waals surface area (Å²) in [5, 5.41) is 0. The number of aliphatic imine (C=N–C) groups is 1. The van der Waals surface area contributed by atoms with Gasteiger partial charge in [0.25, 0.3) is 0 Å². The van der Waals surface area contributed by atoms with Gasteiger partial charge in [0.2, 0.25) is 0 Å². The molecule has 0 saturated carbocycles. The third kappa shape index (κ3) is 28.5. The second-order valence-corrected chi connectivity index (χ2v) is 12.1. The molecule has 0 fully saturated rings. The lowest BCUT2D eigenvalue weighted by molar-refractivity contribution is -0.144. The van der Waals surface area contributed by atoms with Gasteiger partial charge < -0.3 is 9.64 Å². The van der Waals surface area contributed by atoms with Gasteiger partial charge in [-0.15, -0.1) is 0 Å². The van der Waals surface area contributed by atoms with Gasteiger partial charge >= 0.3 is 5.97 Å². The molecule has 0 radical (unpaired) electrons. The van der Waals surface area contributed by atoms with Gasteiger partial charge in [0.05, 0.1) is 12.4 Å². The molecule has 0 aliphatic rings. The van der Waals surface area contributed by atoms with E-state index in [0.717, 1.165) is 38.8 Å². The predicted octanol–water partition coefficient (Wildman–Crippen LogP) is 11.8. The molecule has 0 saturated heterocycles. The first-order valence-electron chi connectivity index (χ1n) is 18.4. The fourth-order valence-corrected chi connectivity index (χ4v) is 5.38. The molecule has 0 aromatic carbocycles. The molecule has 0 rings (SSSR count). The number of hydrogen-bond donors (Lipinski definition) is 0. The molecule has 4 heteroatoms.